The second-order valence-electron chi connectivity index (χ2n) is 7.94. The van der Waals surface area contributed by atoms with Crippen LogP contribution in [0.4, 0.5) is 264 Å². The largest absolute Gasteiger partial charge is 0.413 e. The Morgan fingerprint density at radius 1 is 0.202 bits per heavy atom. The van der Waals surface area contributed by atoms with E-state index in [1.54, 1.807) is 0 Å². The van der Waals surface area contributed by atoms with Crippen LogP contribution < -0.4 is 0 Å². The molecule has 0 heterocycles. The molecule has 0 aromatic rings. The van der Waals surface area contributed by atoms with E-state index in [-0.39, 0.29) is 33.6 Å². The normalized spacial score (nSPS) is 7.87. The Bertz CT molecular complexity index is 726. The molecule has 0 aromatic carbocycles. The van der Waals surface area contributed by atoms with Gasteiger partial charge >= 0.3 is 24.4 Å². The maximum Gasteiger partial charge on any atom is 0.413 e. The molecule has 0 aliphatic carbocycles. The molecule has 0 spiro atoms. The summed E-state index contributed by atoms with van der Waals surface area (Å²) in [4.78, 5) is 3.88. The summed E-state index contributed by atoms with van der Waals surface area (Å²) in [5.74, 6) is -3.88. The predicted octanol–water partition coefficient (Wildman–Crippen LogP) is 25.4. The summed E-state index contributed by atoms with van der Waals surface area (Å²) in [6, 6.07) is 0. The first-order valence-corrected chi connectivity index (χ1v) is 22.5. The van der Waals surface area contributed by atoms with Gasteiger partial charge in [-0.3, -0.25) is 22.3 Å². The summed E-state index contributed by atoms with van der Waals surface area (Å²) in [6.07, 6.45) is -20.0. The molecular weight excluding hydrogens is 1760 g/mol. The first kappa shape index (κ1) is 202. The van der Waals surface area contributed by atoms with Crippen molar-refractivity contribution in [2.75, 3.05) is 206 Å². The minimum absolute atomic E-state index is 0.109. The lowest BCUT2D eigenvalue weighted by molar-refractivity contribution is -0.388. The Hall–Kier alpha value is -4.52. The Morgan fingerprint density at radius 3 is 0.330 bits per heavy atom. The van der Waals surface area contributed by atoms with Crippen LogP contribution in [-0.2, 0) is 14.6 Å². The van der Waals surface area contributed by atoms with Crippen molar-refractivity contribution in [3.05, 3.63) is 0 Å². The van der Waals surface area contributed by atoms with Crippen LogP contribution in [0.5, 0.6) is 0 Å². The molecule has 0 saturated heterocycles. The summed E-state index contributed by atoms with van der Waals surface area (Å²) in [5.41, 5.74) is 0. The standard InChI is InChI=1S/C6H7F7O.C2H2F4O.C2H3F3O2.4C2H5F.19CH2F2.4CH3FO/c1-4(8,9)2-5(10,11)14-6(12,13)3-7;3-1-2(4,5)7-6;3-2(4,1-6)7-5;4*1-2-3;23*2-1-3/h2-3H2,1H3;1H2;6H,1H2;4*2H2,1H3;19*1H2;4*3H,1H2. The van der Waals surface area contributed by atoms with E-state index in [0.717, 1.165) is 0 Å². The average molecular weight is 1840 g/mol. The van der Waals surface area contributed by atoms with Gasteiger partial charge < -0.3 is 25.5 Å². The van der Waals surface area contributed by atoms with E-state index in [0.29, 0.717) is 0 Å². The molecular formula is C41H82F60O8. The van der Waals surface area contributed by atoms with E-state index in [1.807, 2.05) is 9.88 Å². The second kappa shape index (κ2) is 307. The lowest BCUT2D eigenvalue weighted by Gasteiger charge is -2.23. The van der Waals surface area contributed by atoms with Gasteiger partial charge in [0, 0.05) is 0 Å². The third-order valence-electron chi connectivity index (χ3n) is 1.54. The zero-order chi connectivity index (χ0) is 96.5. The fourth-order valence-corrected chi connectivity index (χ4v) is 0.688. The topological polar surface area (TPSA) is 129 Å². The van der Waals surface area contributed by atoms with Gasteiger partial charge in [0.15, 0.2) is 40.8 Å². The van der Waals surface area contributed by atoms with E-state index in [9.17, 15) is 264 Å². The van der Waals surface area contributed by atoms with E-state index in [4.69, 9.17) is 25.5 Å². The molecule has 0 unspecified atom stereocenters. The average Bonchev–Trinajstić information content (AvgIpc) is 3.54. The van der Waals surface area contributed by atoms with Crippen molar-refractivity contribution in [1.82, 2.24) is 0 Å². The number of halogens is 60. The Morgan fingerprint density at radius 2 is 0.294 bits per heavy atom. The summed E-state index contributed by atoms with van der Waals surface area (Å²) in [5, 5.41) is 35.1. The number of alkyl halides is 58. The van der Waals surface area contributed by atoms with Crippen molar-refractivity contribution in [3.63, 3.8) is 0 Å². The molecule has 0 amide bonds. The molecule has 0 aromatic heterocycles. The van der Waals surface area contributed by atoms with Crippen LogP contribution in [0.15, 0.2) is 0 Å². The van der Waals surface area contributed by atoms with E-state index in [1.165, 1.54) is 27.7 Å². The van der Waals surface area contributed by atoms with Gasteiger partial charge in [0.25, 0.3) is 5.92 Å². The van der Waals surface area contributed by atoms with Gasteiger partial charge in [0.1, 0.15) is 13.0 Å². The smallest absolute Gasteiger partial charge is 0.387 e. The molecule has 0 fully saturated rings. The van der Waals surface area contributed by atoms with E-state index in [2.05, 4.69) is 4.74 Å². The van der Waals surface area contributed by atoms with Crippen LogP contribution in [0, 0.1) is 0 Å². The van der Waals surface area contributed by atoms with Crippen LogP contribution in [0.25, 0.3) is 0 Å². The highest BCUT2D eigenvalue weighted by molar-refractivity contribution is 4.68. The molecule has 0 saturated carbocycles. The molecule has 0 rings (SSSR count). The van der Waals surface area contributed by atoms with Gasteiger partial charge in [-0.2, -0.15) is 35.1 Å². The predicted molar refractivity (Wildman–Crippen MR) is 273 cm³/mol. The summed E-state index contributed by atoms with van der Waals surface area (Å²) < 4.78 is 608. The van der Waals surface area contributed by atoms with Gasteiger partial charge in [-0.25, -0.2) is 202 Å². The van der Waals surface area contributed by atoms with E-state index < -0.39 is 216 Å². The number of aliphatic hydroxyl groups excluding tert-OH is 5. The molecule has 0 atom stereocenters. The molecule has 68 heteroatoms. The van der Waals surface area contributed by atoms with Crippen molar-refractivity contribution in [2.24, 2.45) is 0 Å². The highest BCUT2D eigenvalue weighted by atomic mass is 19.4. The lowest BCUT2D eigenvalue weighted by Crippen LogP contribution is -2.38. The van der Waals surface area contributed by atoms with Crippen LogP contribution in [-0.4, -0.2) is 262 Å². The van der Waals surface area contributed by atoms with Crippen molar-refractivity contribution in [3.8, 4) is 0 Å². The highest BCUT2D eigenvalue weighted by Crippen LogP contribution is 2.35. The molecule has 0 bridgehead atoms. The highest BCUT2D eigenvalue weighted by Gasteiger charge is 2.49. The molecule has 5 N–H and O–H groups in total. The molecule has 0 aliphatic rings. The Balaban J connectivity index is -0.0000000216. The number of rotatable bonds is 9. The third-order valence-corrected chi connectivity index (χ3v) is 1.54. The maximum atomic E-state index is 12.3. The lowest BCUT2D eigenvalue weighted by atomic mass is 10.2. The van der Waals surface area contributed by atoms with Crippen molar-refractivity contribution in [1.29, 1.82) is 0 Å². The maximum absolute atomic E-state index is 12.3. The number of hydrogen-bond acceptors (Lipinski definition) is 8. The van der Waals surface area contributed by atoms with Crippen LogP contribution >= 0.6 is 0 Å². The molecule has 109 heavy (non-hydrogen) atoms. The molecule has 0 radical (unpaired) electrons. The fourth-order valence-electron chi connectivity index (χ4n) is 0.688. The minimum atomic E-state index is -4.77. The summed E-state index contributed by atoms with van der Waals surface area (Å²) in [6.45, 7) is -39.6. The first-order valence-electron chi connectivity index (χ1n) is 22.5. The Kier molecular flexibility index (Phi) is 568. The second-order valence-corrected chi connectivity index (χ2v) is 7.94. The monoisotopic (exact) mass is 1840 g/mol. The first-order chi connectivity index (χ1) is 50.4. The minimum Gasteiger partial charge on any atom is -0.387 e. The fraction of sp³-hybridized carbons (Fsp3) is 1.00. The molecule has 0 aliphatic heterocycles. The van der Waals surface area contributed by atoms with Gasteiger partial charge in [-0.1, -0.05) is 0 Å². The van der Waals surface area contributed by atoms with Crippen molar-refractivity contribution in [2.45, 2.75) is 71.4 Å². The zero-order valence-electron chi connectivity index (χ0n) is 55.6. The van der Waals surface area contributed by atoms with Gasteiger partial charge in [0.2, 0.25) is 132 Å². The summed E-state index contributed by atoms with van der Waals surface area (Å²) in [7, 11) is 0. The van der Waals surface area contributed by atoms with Gasteiger partial charge in [-0.15, -0.1) is 9.88 Å². The van der Waals surface area contributed by atoms with Gasteiger partial charge in [0.05, 0.1) is 26.7 Å². The van der Waals surface area contributed by atoms with E-state index >= 15 is 0 Å². The number of hydrogen-bond donors (Lipinski definition) is 5. The Labute approximate surface area is 582 Å². The number of ether oxygens (including phenoxy) is 1. The number of aliphatic hydroxyl groups is 5. The SMILES string of the molecule is CC(F)(F)CC(F)(F)OC(F)(F)CF.CCF.CCF.CCF.CCF.FCC(F)(F)OF.FCF.FCF.FCF.FCF.FCF.FCF.FCF.FCF.FCF.FCF.FCF.FCF.FCF.FCF.FCF.FCF.FCF.FCF.FCF.OCC(F)(F)OF.OCF.OCF.OCF.OCF. The molecule has 714 valence electrons. The zero-order valence-corrected chi connectivity index (χ0v) is 55.6. The van der Waals surface area contributed by atoms with Crippen LogP contribution in [0.2, 0.25) is 0 Å². The van der Waals surface area contributed by atoms with Crippen molar-refractivity contribution >= 4 is 0 Å². The molecule has 8 nitrogen and oxygen atoms in total. The van der Waals surface area contributed by atoms with Crippen LogP contribution in [0.3, 0.4) is 0 Å². The van der Waals surface area contributed by atoms with Crippen LogP contribution in [0.1, 0.15) is 41.0 Å². The van der Waals surface area contributed by atoms with Crippen molar-refractivity contribution < 1.29 is 304 Å². The quantitative estimate of drug-likeness (QED) is 0.144. The van der Waals surface area contributed by atoms with Gasteiger partial charge in [-0.05, 0) is 43.7 Å². The summed E-state index contributed by atoms with van der Waals surface area (Å²) >= 11 is 0. The third kappa shape index (κ3) is 2110.